The van der Waals surface area contributed by atoms with Crippen LogP contribution in [0.5, 0.6) is 0 Å². The highest BCUT2D eigenvalue weighted by atomic mass is 16.1. The Balaban J connectivity index is 4.07. The van der Waals surface area contributed by atoms with E-state index in [1.807, 2.05) is 0 Å². The van der Waals surface area contributed by atoms with Gasteiger partial charge in [0.05, 0.1) is 0 Å². The number of hydrogen-bond acceptors (Lipinski definition) is 1. The van der Waals surface area contributed by atoms with Crippen molar-refractivity contribution in [3.05, 3.63) is 0 Å². The van der Waals surface area contributed by atoms with E-state index in [9.17, 15) is 4.79 Å². The summed E-state index contributed by atoms with van der Waals surface area (Å²) in [5.74, 6) is 0.0618. The number of nitrogens with one attached hydrogen (secondary N) is 1. The van der Waals surface area contributed by atoms with Crippen molar-refractivity contribution >= 4 is 5.91 Å². The SMILES string of the molecule is CCC(NC(C)=O)C(C)(C)C. The molecule has 1 atom stereocenters. The minimum atomic E-state index is 0.0618. The van der Waals surface area contributed by atoms with E-state index >= 15 is 0 Å². The van der Waals surface area contributed by atoms with Crippen molar-refractivity contribution in [3.63, 3.8) is 0 Å². The summed E-state index contributed by atoms with van der Waals surface area (Å²) >= 11 is 0. The van der Waals surface area contributed by atoms with Gasteiger partial charge in [-0.05, 0) is 11.8 Å². The van der Waals surface area contributed by atoms with Crippen LogP contribution in [0.2, 0.25) is 0 Å². The van der Waals surface area contributed by atoms with Crippen molar-refractivity contribution in [3.8, 4) is 0 Å². The summed E-state index contributed by atoms with van der Waals surface area (Å²) < 4.78 is 0. The molecule has 66 valence electrons. The molecule has 0 aromatic heterocycles. The monoisotopic (exact) mass is 157 g/mol. The largest absolute Gasteiger partial charge is 0.353 e. The second kappa shape index (κ2) is 3.74. The second-order valence-electron chi connectivity index (χ2n) is 4.03. The third kappa shape index (κ3) is 4.02. The number of amides is 1. The minimum absolute atomic E-state index is 0.0618. The maximum atomic E-state index is 10.7. The molecule has 0 spiro atoms. The zero-order valence-corrected chi connectivity index (χ0v) is 8.19. The third-order valence-corrected chi connectivity index (χ3v) is 1.83. The highest BCUT2D eigenvalue weighted by molar-refractivity contribution is 5.73. The fourth-order valence-corrected chi connectivity index (χ4v) is 1.18. The molecule has 11 heavy (non-hydrogen) atoms. The summed E-state index contributed by atoms with van der Waals surface area (Å²) in [5, 5.41) is 2.93. The molecule has 0 saturated heterocycles. The van der Waals surface area contributed by atoms with Crippen LogP contribution in [0.15, 0.2) is 0 Å². The van der Waals surface area contributed by atoms with Crippen molar-refractivity contribution < 1.29 is 4.79 Å². The van der Waals surface area contributed by atoms with E-state index in [1.54, 1.807) is 6.92 Å². The Labute approximate surface area is 69.4 Å². The molecular formula is C9H19NO. The lowest BCUT2D eigenvalue weighted by Crippen LogP contribution is -2.42. The van der Waals surface area contributed by atoms with Crippen LogP contribution in [0.1, 0.15) is 41.0 Å². The van der Waals surface area contributed by atoms with Crippen molar-refractivity contribution in [2.24, 2.45) is 5.41 Å². The fraction of sp³-hybridized carbons (Fsp3) is 0.889. The zero-order chi connectivity index (χ0) is 9.07. The summed E-state index contributed by atoms with van der Waals surface area (Å²) in [7, 11) is 0. The Morgan fingerprint density at radius 1 is 1.45 bits per heavy atom. The van der Waals surface area contributed by atoms with Crippen LogP contribution in [0, 0.1) is 5.41 Å². The molecule has 2 heteroatoms. The molecule has 0 aliphatic carbocycles. The van der Waals surface area contributed by atoms with E-state index in [-0.39, 0.29) is 11.3 Å². The molecule has 0 aromatic carbocycles. The molecule has 0 radical (unpaired) electrons. The summed E-state index contributed by atoms with van der Waals surface area (Å²) in [6.45, 7) is 10.1. The van der Waals surface area contributed by atoms with E-state index in [0.717, 1.165) is 6.42 Å². The van der Waals surface area contributed by atoms with Gasteiger partial charge in [-0.15, -0.1) is 0 Å². The molecule has 0 bridgehead atoms. The number of hydrogen-bond donors (Lipinski definition) is 1. The number of rotatable bonds is 2. The predicted octanol–water partition coefficient (Wildman–Crippen LogP) is 1.95. The van der Waals surface area contributed by atoms with E-state index in [4.69, 9.17) is 0 Å². The maximum absolute atomic E-state index is 10.7. The van der Waals surface area contributed by atoms with Crippen molar-refractivity contribution in [2.45, 2.75) is 47.1 Å². The lowest BCUT2D eigenvalue weighted by Gasteiger charge is -2.30. The Morgan fingerprint density at radius 2 is 1.91 bits per heavy atom. The fourth-order valence-electron chi connectivity index (χ4n) is 1.18. The maximum Gasteiger partial charge on any atom is 0.217 e. The zero-order valence-electron chi connectivity index (χ0n) is 8.19. The van der Waals surface area contributed by atoms with Crippen LogP contribution in [-0.4, -0.2) is 11.9 Å². The molecule has 1 amide bonds. The minimum Gasteiger partial charge on any atom is -0.353 e. The van der Waals surface area contributed by atoms with Crippen molar-refractivity contribution in [2.75, 3.05) is 0 Å². The first-order valence-corrected chi connectivity index (χ1v) is 4.15. The Morgan fingerprint density at radius 3 is 2.00 bits per heavy atom. The first kappa shape index (κ1) is 10.5. The van der Waals surface area contributed by atoms with Gasteiger partial charge in [-0.2, -0.15) is 0 Å². The molecule has 0 aliphatic heterocycles. The first-order chi connectivity index (χ1) is 4.88. The highest BCUT2D eigenvalue weighted by Crippen LogP contribution is 2.21. The first-order valence-electron chi connectivity index (χ1n) is 4.15. The smallest absolute Gasteiger partial charge is 0.217 e. The molecule has 0 fully saturated rings. The summed E-state index contributed by atoms with van der Waals surface area (Å²) in [6, 6.07) is 0.292. The Kier molecular flexibility index (Phi) is 3.56. The lowest BCUT2D eigenvalue weighted by atomic mass is 9.85. The molecular weight excluding hydrogens is 138 g/mol. The van der Waals surface area contributed by atoms with Crippen LogP contribution in [-0.2, 0) is 4.79 Å². The van der Waals surface area contributed by atoms with Crippen LogP contribution < -0.4 is 5.32 Å². The predicted molar refractivity (Wildman–Crippen MR) is 47.4 cm³/mol. The number of carbonyl (C=O) groups is 1. The molecule has 0 rings (SSSR count). The van der Waals surface area contributed by atoms with Gasteiger partial charge >= 0.3 is 0 Å². The van der Waals surface area contributed by atoms with Crippen LogP contribution >= 0.6 is 0 Å². The molecule has 0 aliphatic rings. The summed E-state index contributed by atoms with van der Waals surface area (Å²) in [5.41, 5.74) is 0.167. The lowest BCUT2D eigenvalue weighted by molar-refractivity contribution is -0.120. The van der Waals surface area contributed by atoms with Gasteiger partial charge in [-0.25, -0.2) is 0 Å². The highest BCUT2D eigenvalue weighted by Gasteiger charge is 2.22. The van der Waals surface area contributed by atoms with Crippen molar-refractivity contribution in [1.82, 2.24) is 5.32 Å². The van der Waals surface area contributed by atoms with Crippen LogP contribution in [0.4, 0.5) is 0 Å². The molecule has 0 aromatic rings. The third-order valence-electron chi connectivity index (χ3n) is 1.83. The average molecular weight is 157 g/mol. The van der Waals surface area contributed by atoms with E-state index < -0.39 is 0 Å². The molecule has 2 nitrogen and oxygen atoms in total. The summed E-state index contributed by atoms with van der Waals surface area (Å²) in [6.07, 6.45) is 0.989. The average Bonchev–Trinajstić information content (AvgIpc) is 1.79. The van der Waals surface area contributed by atoms with Crippen molar-refractivity contribution in [1.29, 1.82) is 0 Å². The number of carbonyl (C=O) groups excluding carboxylic acids is 1. The van der Waals surface area contributed by atoms with Gasteiger partial charge < -0.3 is 5.32 Å². The molecule has 0 saturated carbocycles. The van der Waals surface area contributed by atoms with E-state index in [1.165, 1.54) is 0 Å². The van der Waals surface area contributed by atoms with Gasteiger partial charge in [-0.1, -0.05) is 27.7 Å². The molecule has 0 heterocycles. The Bertz CT molecular complexity index is 135. The topological polar surface area (TPSA) is 29.1 Å². The van der Waals surface area contributed by atoms with Gasteiger partial charge in [0.25, 0.3) is 0 Å². The molecule has 1 unspecified atom stereocenters. The van der Waals surface area contributed by atoms with Gasteiger partial charge in [0, 0.05) is 13.0 Å². The summed E-state index contributed by atoms with van der Waals surface area (Å²) in [4.78, 5) is 10.7. The van der Waals surface area contributed by atoms with Gasteiger partial charge in [0.1, 0.15) is 0 Å². The standard InChI is InChI=1S/C9H19NO/c1-6-8(9(3,4)5)10-7(2)11/h8H,6H2,1-5H3,(H,10,11). The van der Waals surface area contributed by atoms with Crippen LogP contribution in [0.25, 0.3) is 0 Å². The Hall–Kier alpha value is -0.530. The normalized spacial score (nSPS) is 14.3. The van der Waals surface area contributed by atoms with E-state index in [2.05, 4.69) is 33.0 Å². The second-order valence-corrected chi connectivity index (χ2v) is 4.03. The molecule has 1 N–H and O–H groups in total. The quantitative estimate of drug-likeness (QED) is 0.652. The van der Waals surface area contributed by atoms with Gasteiger partial charge in [-0.3, -0.25) is 4.79 Å². The van der Waals surface area contributed by atoms with Gasteiger partial charge in [0.15, 0.2) is 0 Å². The van der Waals surface area contributed by atoms with Crippen LogP contribution in [0.3, 0.4) is 0 Å². The van der Waals surface area contributed by atoms with E-state index in [0.29, 0.717) is 6.04 Å². The van der Waals surface area contributed by atoms with Gasteiger partial charge in [0.2, 0.25) is 5.91 Å².